The number of benzene rings is 2. The summed E-state index contributed by atoms with van der Waals surface area (Å²) in [5.74, 6) is -0.203. The van der Waals surface area contributed by atoms with Crippen LogP contribution in [0.3, 0.4) is 0 Å². The van der Waals surface area contributed by atoms with Crippen molar-refractivity contribution < 1.29 is 13.2 Å². The molecule has 3 rings (SSSR count). The van der Waals surface area contributed by atoms with Crippen molar-refractivity contribution in [2.75, 3.05) is 6.54 Å². The van der Waals surface area contributed by atoms with Crippen molar-refractivity contribution in [1.29, 1.82) is 0 Å². The third-order valence-electron chi connectivity index (χ3n) is 5.00. The first-order valence-electron chi connectivity index (χ1n) is 10.1. The zero-order valence-corrected chi connectivity index (χ0v) is 19.6. The molecular formula is C24H28N2O3S2. The van der Waals surface area contributed by atoms with Gasteiger partial charge in [-0.1, -0.05) is 57.2 Å². The summed E-state index contributed by atoms with van der Waals surface area (Å²) in [7, 11) is -3.65. The van der Waals surface area contributed by atoms with Gasteiger partial charge in [0.2, 0.25) is 15.9 Å². The molecule has 5 nitrogen and oxygen atoms in total. The molecule has 31 heavy (non-hydrogen) atoms. The molecule has 0 unspecified atom stereocenters. The fraction of sp³-hybridized carbons (Fsp3) is 0.292. The molecule has 2 aromatic carbocycles. The van der Waals surface area contributed by atoms with Crippen LogP contribution in [0.15, 0.2) is 70.3 Å². The molecule has 7 heteroatoms. The number of hydrogen-bond acceptors (Lipinski definition) is 4. The van der Waals surface area contributed by atoms with Crippen LogP contribution in [0.25, 0.3) is 11.1 Å². The number of nitrogens with one attached hydrogen (secondary N) is 2. The zero-order chi connectivity index (χ0) is 22.5. The Labute approximate surface area is 188 Å². The number of amides is 1. The van der Waals surface area contributed by atoms with Gasteiger partial charge >= 0.3 is 0 Å². The lowest BCUT2D eigenvalue weighted by molar-refractivity contribution is -0.121. The van der Waals surface area contributed by atoms with E-state index in [1.807, 2.05) is 47.8 Å². The summed E-state index contributed by atoms with van der Waals surface area (Å²) in [5.41, 5.74) is 4.25. The SMILES string of the molecule is CC(C)(C)c1ccc(S(=O)(=O)NCCC(=O)NCc2ccccc2-c2ccsc2)cc1. The summed E-state index contributed by atoms with van der Waals surface area (Å²) < 4.78 is 27.5. The molecule has 1 heterocycles. The van der Waals surface area contributed by atoms with Gasteiger partial charge in [-0.25, -0.2) is 13.1 Å². The first kappa shape index (κ1) is 23.2. The van der Waals surface area contributed by atoms with Gasteiger partial charge in [0.25, 0.3) is 0 Å². The number of thiophene rings is 1. The molecule has 0 saturated carbocycles. The first-order valence-corrected chi connectivity index (χ1v) is 12.6. The van der Waals surface area contributed by atoms with E-state index in [9.17, 15) is 13.2 Å². The second kappa shape index (κ2) is 9.77. The van der Waals surface area contributed by atoms with Crippen LogP contribution in [0.1, 0.15) is 38.3 Å². The predicted octanol–water partition coefficient (Wildman–Crippen LogP) is 4.70. The van der Waals surface area contributed by atoms with Gasteiger partial charge in [0.15, 0.2) is 0 Å². The Kier molecular flexibility index (Phi) is 7.30. The van der Waals surface area contributed by atoms with Crippen LogP contribution in [0.5, 0.6) is 0 Å². The summed E-state index contributed by atoms with van der Waals surface area (Å²) >= 11 is 1.63. The molecule has 0 atom stereocenters. The number of carbonyl (C=O) groups excluding carboxylic acids is 1. The molecule has 0 aliphatic rings. The lowest BCUT2D eigenvalue weighted by Gasteiger charge is -2.19. The Balaban J connectivity index is 1.52. The average Bonchev–Trinajstić information content (AvgIpc) is 3.26. The maximum Gasteiger partial charge on any atom is 0.240 e. The molecule has 164 valence electrons. The third kappa shape index (κ3) is 6.26. The maximum absolute atomic E-state index is 12.5. The molecule has 2 N–H and O–H groups in total. The molecule has 0 fully saturated rings. The molecular weight excluding hydrogens is 428 g/mol. The number of carbonyl (C=O) groups is 1. The average molecular weight is 457 g/mol. The Morgan fingerprint density at radius 3 is 2.35 bits per heavy atom. The minimum atomic E-state index is -3.65. The molecule has 0 aliphatic carbocycles. The van der Waals surface area contributed by atoms with Gasteiger partial charge in [0.1, 0.15) is 0 Å². The molecule has 3 aromatic rings. The second-order valence-electron chi connectivity index (χ2n) is 8.37. The van der Waals surface area contributed by atoms with Crippen molar-refractivity contribution in [3.05, 3.63) is 76.5 Å². The van der Waals surface area contributed by atoms with Gasteiger partial charge in [-0.2, -0.15) is 11.3 Å². The van der Waals surface area contributed by atoms with Gasteiger partial charge in [-0.3, -0.25) is 4.79 Å². The van der Waals surface area contributed by atoms with Crippen molar-refractivity contribution in [2.45, 2.75) is 44.0 Å². The van der Waals surface area contributed by atoms with E-state index in [4.69, 9.17) is 0 Å². The predicted molar refractivity (Wildman–Crippen MR) is 127 cm³/mol. The number of hydrogen-bond donors (Lipinski definition) is 2. The molecule has 0 spiro atoms. The van der Waals surface area contributed by atoms with Crippen LogP contribution in [0.4, 0.5) is 0 Å². The third-order valence-corrected chi connectivity index (χ3v) is 7.16. The molecule has 0 bridgehead atoms. The Morgan fingerprint density at radius 1 is 1.00 bits per heavy atom. The van der Waals surface area contributed by atoms with E-state index in [0.717, 1.165) is 22.3 Å². The lowest BCUT2D eigenvalue weighted by Crippen LogP contribution is -2.30. The topological polar surface area (TPSA) is 75.3 Å². The highest BCUT2D eigenvalue weighted by Crippen LogP contribution is 2.26. The van der Waals surface area contributed by atoms with E-state index < -0.39 is 10.0 Å². The van der Waals surface area contributed by atoms with Crippen LogP contribution in [-0.2, 0) is 26.8 Å². The van der Waals surface area contributed by atoms with Crippen LogP contribution < -0.4 is 10.0 Å². The van der Waals surface area contributed by atoms with Gasteiger partial charge in [-0.05, 0) is 56.6 Å². The van der Waals surface area contributed by atoms with Gasteiger partial charge < -0.3 is 5.32 Å². The fourth-order valence-corrected chi connectivity index (χ4v) is 4.86. The smallest absolute Gasteiger partial charge is 0.240 e. The highest BCUT2D eigenvalue weighted by atomic mass is 32.2. The van der Waals surface area contributed by atoms with Crippen molar-refractivity contribution in [3.63, 3.8) is 0 Å². The van der Waals surface area contributed by atoms with Crippen molar-refractivity contribution in [1.82, 2.24) is 10.0 Å². The highest BCUT2D eigenvalue weighted by molar-refractivity contribution is 7.89. The van der Waals surface area contributed by atoms with Crippen LogP contribution in [0.2, 0.25) is 0 Å². The zero-order valence-electron chi connectivity index (χ0n) is 18.0. The number of rotatable bonds is 8. The second-order valence-corrected chi connectivity index (χ2v) is 10.9. The van der Waals surface area contributed by atoms with E-state index in [2.05, 4.69) is 36.2 Å². The quantitative estimate of drug-likeness (QED) is 0.516. The molecule has 0 saturated heterocycles. The summed E-state index contributed by atoms with van der Waals surface area (Å²) in [6.45, 7) is 6.66. The molecule has 0 aliphatic heterocycles. The summed E-state index contributed by atoms with van der Waals surface area (Å²) in [6, 6.07) is 16.8. The summed E-state index contributed by atoms with van der Waals surface area (Å²) in [4.78, 5) is 12.4. The van der Waals surface area contributed by atoms with Crippen molar-refractivity contribution >= 4 is 27.3 Å². The normalized spacial score (nSPS) is 12.0. The van der Waals surface area contributed by atoms with Crippen LogP contribution >= 0.6 is 11.3 Å². The van der Waals surface area contributed by atoms with Crippen LogP contribution in [-0.4, -0.2) is 20.9 Å². The molecule has 0 radical (unpaired) electrons. The minimum absolute atomic E-state index is 0.0430. The van der Waals surface area contributed by atoms with E-state index >= 15 is 0 Å². The standard InChI is InChI=1S/C24H28N2O3S2/c1-24(2,3)20-8-10-21(11-9-20)31(28,29)26-14-12-23(27)25-16-18-6-4-5-7-22(18)19-13-15-30-17-19/h4-11,13,15,17,26H,12,14,16H2,1-3H3,(H,25,27). The Hall–Kier alpha value is -2.48. The van der Waals surface area contributed by atoms with E-state index in [1.54, 1.807) is 23.5 Å². The summed E-state index contributed by atoms with van der Waals surface area (Å²) in [6.07, 6.45) is 0.0694. The minimum Gasteiger partial charge on any atom is -0.352 e. The largest absolute Gasteiger partial charge is 0.352 e. The van der Waals surface area contributed by atoms with Gasteiger partial charge in [0.05, 0.1) is 4.90 Å². The first-order chi connectivity index (χ1) is 14.7. The Morgan fingerprint density at radius 2 is 1.71 bits per heavy atom. The monoisotopic (exact) mass is 456 g/mol. The number of sulfonamides is 1. The Bertz CT molecular complexity index is 1110. The molecule has 1 amide bonds. The van der Waals surface area contributed by atoms with Gasteiger partial charge in [0, 0.05) is 19.5 Å². The van der Waals surface area contributed by atoms with Crippen LogP contribution in [0, 0.1) is 0 Å². The fourth-order valence-electron chi connectivity index (χ4n) is 3.17. The van der Waals surface area contributed by atoms with Gasteiger partial charge in [-0.15, -0.1) is 0 Å². The highest BCUT2D eigenvalue weighted by Gasteiger charge is 2.17. The molecule has 1 aromatic heterocycles. The van der Waals surface area contributed by atoms with Crippen molar-refractivity contribution in [3.8, 4) is 11.1 Å². The van der Waals surface area contributed by atoms with E-state index in [0.29, 0.717) is 6.54 Å². The van der Waals surface area contributed by atoms with Crippen molar-refractivity contribution in [2.24, 2.45) is 0 Å². The lowest BCUT2D eigenvalue weighted by atomic mass is 9.87. The van der Waals surface area contributed by atoms with E-state index in [-0.39, 0.29) is 29.2 Å². The maximum atomic E-state index is 12.5. The van der Waals surface area contributed by atoms with E-state index in [1.165, 1.54) is 0 Å². The summed E-state index contributed by atoms with van der Waals surface area (Å²) in [5, 5.41) is 6.98.